The Kier molecular flexibility index (Phi) is 4.60. The average Bonchev–Trinajstić information content (AvgIpc) is 3.29. The van der Waals surface area contributed by atoms with Crippen LogP contribution in [0.2, 0.25) is 5.02 Å². The number of aromatic nitrogens is 4. The zero-order valence-electron chi connectivity index (χ0n) is 17.8. The SMILES string of the molecule is COc1ccncc1-c1ccc2c(c1)c1c(=O)[nH]ccc1c1[nH]c(-c3c(F)cccc3Cl)nc21. The minimum Gasteiger partial charge on any atom is -0.496 e. The van der Waals surface area contributed by atoms with Crippen LogP contribution in [0.15, 0.2) is 71.9 Å². The van der Waals surface area contributed by atoms with Crippen molar-refractivity contribution in [2.45, 2.75) is 0 Å². The van der Waals surface area contributed by atoms with Crippen molar-refractivity contribution in [3.63, 3.8) is 0 Å². The first-order valence-corrected chi connectivity index (χ1v) is 10.8. The first kappa shape index (κ1) is 20.4. The lowest BCUT2D eigenvalue weighted by molar-refractivity contribution is 0.416. The van der Waals surface area contributed by atoms with E-state index in [9.17, 15) is 9.18 Å². The molecule has 8 heteroatoms. The van der Waals surface area contributed by atoms with E-state index in [1.54, 1.807) is 50.0 Å². The molecule has 0 spiro atoms. The number of halogens is 2. The summed E-state index contributed by atoms with van der Waals surface area (Å²) < 4.78 is 20.1. The zero-order valence-corrected chi connectivity index (χ0v) is 18.6. The lowest BCUT2D eigenvalue weighted by Gasteiger charge is -2.10. The maximum absolute atomic E-state index is 14.7. The van der Waals surface area contributed by atoms with Gasteiger partial charge < -0.3 is 14.7 Å². The van der Waals surface area contributed by atoms with E-state index < -0.39 is 5.82 Å². The number of fused-ring (bicyclic) bond motifs is 6. The smallest absolute Gasteiger partial charge is 0.256 e. The molecule has 3 heterocycles. The second kappa shape index (κ2) is 7.67. The molecule has 0 bridgehead atoms. The summed E-state index contributed by atoms with van der Waals surface area (Å²) in [5.74, 6) is 0.485. The molecule has 0 amide bonds. The van der Waals surface area contributed by atoms with Crippen molar-refractivity contribution in [1.82, 2.24) is 19.9 Å². The summed E-state index contributed by atoms with van der Waals surface area (Å²) in [5.41, 5.74) is 2.84. The topological polar surface area (TPSA) is 83.7 Å². The minimum atomic E-state index is -0.482. The lowest BCUT2D eigenvalue weighted by Crippen LogP contribution is -2.05. The van der Waals surface area contributed by atoms with Crippen molar-refractivity contribution in [3.05, 3.63) is 88.3 Å². The molecule has 0 saturated heterocycles. The Morgan fingerprint density at radius 3 is 2.76 bits per heavy atom. The first-order valence-electron chi connectivity index (χ1n) is 10.5. The third kappa shape index (κ3) is 2.98. The van der Waals surface area contributed by atoms with Crippen LogP contribution in [0.25, 0.3) is 55.1 Å². The molecule has 0 saturated carbocycles. The average molecular weight is 471 g/mol. The standard InChI is InChI=1S/C26H16ClFN4O2/c1-34-20-8-9-29-12-17(20)13-5-6-14-16(11-13)21-15(7-10-30-26(21)33)24-23(14)31-25(32-24)22-18(27)3-2-4-19(22)28/h2-12H,1H3,(H,30,33)(H,31,32). The third-order valence-corrected chi connectivity index (χ3v) is 6.30. The Balaban J connectivity index is 1.73. The van der Waals surface area contributed by atoms with E-state index >= 15 is 0 Å². The van der Waals surface area contributed by atoms with Crippen LogP contribution in [-0.2, 0) is 0 Å². The minimum absolute atomic E-state index is 0.184. The number of rotatable bonds is 3. The van der Waals surface area contributed by atoms with Crippen LogP contribution in [0, 0.1) is 5.82 Å². The van der Waals surface area contributed by atoms with Gasteiger partial charge in [-0.05, 0) is 41.3 Å². The lowest BCUT2D eigenvalue weighted by atomic mass is 9.97. The van der Waals surface area contributed by atoms with E-state index in [2.05, 4.69) is 15.0 Å². The number of benzene rings is 3. The van der Waals surface area contributed by atoms with Gasteiger partial charge in [0, 0.05) is 34.9 Å². The summed E-state index contributed by atoms with van der Waals surface area (Å²) in [6, 6.07) is 13.8. The van der Waals surface area contributed by atoms with Crippen molar-refractivity contribution in [1.29, 1.82) is 0 Å². The Labute approximate surface area is 197 Å². The fourth-order valence-electron chi connectivity index (χ4n) is 4.46. The van der Waals surface area contributed by atoms with Crippen molar-refractivity contribution in [3.8, 4) is 28.3 Å². The van der Waals surface area contributed by atoms with Crippen molar-refractivity contribution in [2.24, 2.45) is 0 Å². The molecule has 0 unspecified atom stereocenters. The quantitative estimate of drug-likeness (QED) is 0.307. The van der Waals surface area contributed by atoms with Crippen molar-refractivity contribution >= 4 is 44.2 Å². The molecule has 6 aromatic rings. The molecular formula is C26H16ClFN4O2. The van der Waals surface area contributed by atoms with Gasteiger partial charge in [0.15, 0.2) is 0 Å². The molecule has 0 radical (unpaired) electrons. The predicted octanol–water partition coefficient (Wildman–Crippen LogP) is 6.09. The van der Waals surface area contributed by atoms with Crippen LogP contribution < -0.4 is 10.3 Å². The van der Waals surface area contributed by atoms with Gasteiger partial charge in [-0.2, -0.15) is 0 Å². The van der Waals surface area contributed by atoms with Crippen LogP contribution in [0.4, 0.5) is 4.39 Å². The highest BCUT2D eigenvalue weighted by Gasteiger charge is 2.19. The van der Waals surface area contributed by atoms with Crippen LogP contribution in [0.5, 0.6) is 5.75 Å². The van der Waals surface area contributed by atoms with Crippen LogP contribution in [0.1, 0.15) is 0 Å². The fraction of sp³-hybridized carbons (Fsp3) is 0.0385. The number of aromatic amines is 2. The van der Waals surface area contributed by atoms with E-state index in [1.165, 1.54) is 6.07 Å². The van der Waals surface area contributed by atoms with E-state index in [0.717, 1.165) is 16.5 Å². The van der Waals surface area contributed by atoms with Gasteiger partial charge >= 0.3 is 0 Å². The summed E-state index contributed by atoms with van der Waals surface area (Å²) in [4.78, 5) is 27.9. The summed E-state index contributed by atoms with van der Waals surface area (Å²) in [5, 5.41) is 2.89. The Hall–Kier alpha value is -4.23. The van der Waals surface area contributed by atoms with Gasteiger partial charge in [0.25, 0.3) is 5.56 Å². The number of hydrogen-bond donors (Lipinski definition) is 2. The molecule has 34 heavy (non-hydrogen) atoms. The van der Waals surface area contributed by atoms with Crippen LogP contribution >= 0.6 is 11.6 Å². The number of hydrogen-bond acceptors (Lipinski definition) is 4. The number of H-pyrrole nitrogens is 2. The molecular weight excluding hydrogens is 455 g/mol. The number of nitrogens with zero attached hydrogens (tertiary/aromatic N) is 2. The Bertz CT molecular complexity index is 1790. The van der Waals surface area contributed by atoms with Crippen molar-refractivity contribution in [2.75, 3.05) is 7.11 Å². The van der Waals surface area contributed by atoms with Gasteiger partial charge in [0.2, 0.25) is 0 Å². The predicted molar refractivity (Wildman–Crippen MR) is 132 cm³/mol. The van der Waals surface area contributed by atoms with E-state index in [-0.39, 0.29) is 16.1 Å². The second-order valence-corrected chi connectivity index (χ2v) is 8.24. The monoisotopic (exact) mass is 470 g/mol. The highest BCUT2D eigenvalue weighted by Crippen LogP contribution is 2.38. The molecule has 6 nitrogen and oxygen atoms in total. The fourth-order valence-corrected chi connectivity index (χ4v) is 4.71. The zero-order chi connectivity index (χ0) is 23.4. The molecule has 0 aliphatic carbocycles. The third-order valence-electron chi connectivity index (χ3n) is 5.99. The highest BCUT2D eigenvalue weighted by atomic mass is 35.5. The number of imidazole rings is 1. The van der Waals surface area contributed by atoms with E-state index in [1.807, 2.05) is 18.2 Å². The van der Waals surface area contributed by atoms with Gasteiger partial charge in [-0.15, -0.1) is 0 Å². The number of methoxy groups -OCH3 is 1. The van der Waals surface area contributed by atoms with Gasteiger partial charge in [-0.25, -0.2) is 9.37 Å². The number of ether oxygens (including phenoxy) is 1. The number of nitrogens with one attached hydrogen (secondary N) is 2. The number of pyridine rings is 2. The molecule has 6 rings (SSSR count). The van der Waals surface area contributed by atoms with Gasteiger partial charge in [0.05, 0.1) is 34.1 Å². The van der Waals surface area contributed by atoms with Crippen molar-refractivity contribution < 1.29 is 9.13 Å². The maximum atomic E-state index is 14.7. The molecule has 2 N–H and O–H groups in total. The van der Waals surface area contributed by atoms with Crippen LogP contribution in [-0.4, -0.2) is 27.0 Å². The molecule has 3 aromatic carbocycles. The molecule has 0 fully saturated rings. The summed E-state index contributed by atoms with van der Waals surface area (Å²) >= 11 is 6.30. The maximum Gasteiger partial charge on any atom is 0.256 e. The second-order valence-electron chi connectivity index (χ2n) is 7.84. The summed E-state index contributed by atoms with van der Waals surface area (Å²) in [6.45, 7) is 0. The van der Waals surface area contributed by atoms with E-state index in [0.29, 0.717) is 38.8 Å². The largest absolute Gasteiger partial charge is 0.496 e. The van der Waals surface area contributed by atoms with Gasteiger partial charge in [0.1, 0.15) is 17.4 Å². The first-order chi connectivity index (χ1) is 16.6. The molecule has 0 aliphatic heterocycles. The molecule has 0 aliphatic rings. The van der Waals surface area contributed by atoms with E-state index in [4.69, 9.17) is 21.3 Å². The van der Waals surface area contributed by atoms with Crippen LogP contribution in [0.3, 0.4) is 0 Å². The summed E-state index contributed by atoms with van der Waals surface area (Å²) in [6.07, 6.45) is 4.96. The molecule has 0 atom stereocenters. The molecule has 3 aromatic heterocycles. The Morgan fingerprint density at radius 1 is 1.06 bits per heavy atom. The van der Waals surface area contributed by atoms with Gasteiger partial charge in [-0.3, -0.25) is 9.78 Å². The normalized spacial score (nSPS) is 11.5. The Morgan fingerprint density at radius 2 is 1.94 bits per heavy atom. The summed E-state index contributed by atoms with van der Waals surface area (Å²) in [7, 11) is 1.60. The highest BCUT2D eigenvalue weighted by molar-refractivity contribution is 6.33. The van der Waals surface area contributed by atoms with Gasteiger partial charge in [-0.1, -0.05) is 29.8 Å². The molecule has 166 valence electrons.